The van der Waals surface area contributed by atoms with Gasteiger partial charge in [-0.05, 0) is 10.4 Å². The van der Waals surface area contributed by atoms with Gasteiger partial charge in [-0.1, -0.05) is 28.9 Å². The Labute approximate surface area is 233 Å². The first kappa shape index (κ1) is 28.1. The second-order valence-corrected chi connectivity index (χ2v) is 11.0. The highest BCUT2D eigenvalue weighted by atomic mass is 32.2. The number of anilines is 1. The molecule has 2 saturated heterocycles. The van der Waals surface area contributed by atoms with E-state index in [0.29, 0.717) is 18.1 Å². The summed E-state index contributed by atoms with van der Waals surface area (Å²) in [6.45, 7) is 3.77. The maximum Gasteiger partial charge on any atom is 0.313 e. The van der Waals surface area contributed by atoms with Crippen LogP contribution in [0.1, 0.15) is 5.69 Å². The second kappa shape index (κ2) is 12.3. The molecule has 2 aliphatic heterocycles. The van der Waals surface area contributed by atoms with Crippen molar-refractivity contribution >= 4 is 69.9 Å². The minimum atomic E-state index is -1.25. The van der Waals surface area contributed by atoms with E-state index in [4.69, 9.17) is 11.3 Å². The zero-order valence-electron chi connectivity index (χ0n) is 20.1. The summed E-state index contributed by atoms with van der Waals surface area (Å²) in [5, 5.41) is 31.9. The molecule has 3 amide bonds. The second-order valence-electron chi connectivity index (χ2n) is 8.14. The summed E-state index contributed by atoms with van der Waals surface area (Å²) in [5.74, 6) is 0.323. The van der Waals surface area contributed by atoms with Crippen LogP contribution in [0.5, 0.6) is 0 Å². The Morgan fingerprint density at radius 1 is 1.49 bits per heavy atom. The number of terminal acetylenes is 1. The number of thiazole rings is 1. The van der Waals surface area contributed by atoms with Gasteiger partial charge in [0.25, 0.3) is 5.91 Å². The number of nitrogens with zero attached hydrogens (tertiary/aromatic N) is 7. The minimum absolute atomic E-state index is 0.0414. The SMILES string of the molecule is C#CCON=C(C(=O)NC1C(=O)N2CC(CSc3nnnn3CC=C)(C(=O)O)CS[C@H]12)c1csc(NC=O)n1. The van der Waals surface area contributed by atoms with E-state index in [0.717, 1.165) is 11.3 Å². The quantitative estimate of drug-likeness (QED) is 0.0396. The van der Waals surface area contributed by atoms with Crippen LogP contribution < -0.4 is 10.6 Å². The maximum atomic E-state index is 13.1. The lowest BCUT2D eigenvalue weighted by molar-refractivity contribution is -0.157. The van der Waals surface area contributed by atoms with Crippen LogP contribution in [0.15, 0.2) is 28.3 Å². The third-order valence-electron chi connectivity index (χ3n) is 5.61. The number of rotatable bonds is 13. The number of amides is 3. The van der Waals surface area contributed by atoms with Crippen LogP contribution in [0.25, 0.3) is 0 Å². The molecule has 0 spiro atoms. The molecule has 0 saturated carbocycles. The van der Waals surface area contributed by atoms with E-state index >= 15 is 0 Å². The van der Waals surface area contributed by atoms with Gasteiger partial charge in [0.15, 0.2) is 17.5 Å². The average molecular weight is 592 g/mol. The van der Waals surface area contributed by atoms with E-state index in [2.05, 4.69) is 48.8 Å². The summed E-state index contributed by atoms with van der Waals surface area (Å²) in [4.78, 5) is 59.6. The first-order chi connectivity index (χ1) is 18.8. The monoisotopic (exact) mass is 591 g/mol. The number of thioether (sulfide) groups is 2. The topological polar surface area (TPSA) is 194 Å². The fourth-order valence-electron chi connectivity index (χ4n) is 3.69. The summed E-state index contributed by atoms with van der Waals surface area (Å²) in [6, 6.07) is -0.911. The highest BCUT2D eigenvalue weighted by molar-refractivity contribution is 8.00. The van der Waals surface area contributed by atoms with Crippen molar-refractivity contribution in [2.24, 2.45) is 10.6 Å². The number of β-lactam (4-membered cyclic amide) rings is 1. The van der Waals surface area contributed by atoms with Crippen molar-refractivity contribution < 1.29 is 29.1 Å². The Balaban J connectivity index is 1.43. The number of hydrogen-bond acceptors (Lipinski definition) is 13. The third-order valence-corrected chi connectivity index (χ3v) is 9.22. The Kier molecular flexibility index (Phi) is 8.83. The molecular weight excluding hydrogens is 570 g/mol. The summed E-state index contributed by atoms with van der Waals surface area (Å²) < 4.78 is 1.50. The number of hydrogen-bond donors (Lipinski definition) is 3. The number of carboxylic acid groups (broad SMARTS) is 1. The largest absolute Gasteiger partial charge is 0.481 e. The molecule has 4 heterocycles. The maximum absolute atomic E-state index is 13.1. The van der Waals surface area contributed by atoms with Gasteiger partial charge >= 0.3 is 5.97 Å². The molecule has 0 bridgehead atoms. The first-order valence-corrected chi connectivity index (χ1v) is 14.0. The van der Waals surface area contributed by atoms with Gasteiger partial charge in [-0.3, -0.25) is 19.2 Å². The molecule has 0 radical (unpaired) electrons. The van der Waals surface area contributed by atoms with Gasteiger partial charge in [-0.15, -0.1) is 41.2 Å². The van der Waals surface area contributed by atoms with E-state index in [9.17, 15) is 24.3 Å². The number of oxime groups is 1. The molecule has 0 aromatic carbocycles. The molecule has 204 valence electrons. The van der Waals surface area contributed by atoms with Crippen molar-refractivity contribution in [3.63, 3.8) is 0 Å². The van der Waals surface area contributed by atoms with E-state index in [1.807, 2.05) is 0 Å². The lowest BCUT2D eigenvalue weighted by Gasteiger charge is -2.53. The number of carboxylic acids is 1. The number of tetrazole rings is 1. The van der Waals surface area contributed by atoms with Crippen molar-refractivity contribution in [2.75, 3.05) is 30.0 Å². The van der Waals surface area contributed by atoms with Crippen LogP contribution >= 0.6 is 34.9 Å². The van der Waals surface area contributed by atoms with E-state index in [1.165, 1.54) is 38.5 Å². The zero-order chi connectivity index (χ0) is 28.0. The highest BCUT2D eigenvalue weighted by Crippen LogP contribution is 2.44. The van der Waals surface area contributed by atoms with Gasteiger partial charge in [0.1, 0.15) is 22.5 Å². The standard InChI is InChI=1S/C21H21N9O6S3/c1-3-5-30-20(25-27-28-30)39-10-21(18(34)35)8-29-16(33)14(17(29)38-9-21)24-15(32)13(26-36-6-4-2)12-7-37-19(23-12)22-11-31/h2-3,7,11,14,17H,1,5-6,8-10H2,(H,24,32)(H,34,35)(H,22,23,31)/t14?,17-,21?/m1/s1. The molecule has 2 aromatic rings. The lowest BCUT2D eigenvalue weighted by atomic mass is 9.89. The Hall–Kier alpha value is -3.95. The molecule has 15 nitrogen and oxygen atoms in total. The van der Waals surface area contributed by atoms with Crippen molar-refractivity contribution in [3.05, 3.63) is 23.7 Å². The Morgan fingerprint density at radius 2 is 2.31 bits per heavy atom. The molecule has 3 atom stereocenters. The summed E-state index contributed by atoms with van der Waals surface area (Å²) in [5.41, 5.74) is -1.37. The Bertz CT molecular complexity index is 1350. The Morgan fingerprint density at radius 3 is 3.03 bits per heavy atom. The molecule has 2 fully saturated rings. The first-order valence-electron chi connectivity index (χ1n) is 11.1. The predicted molar refractivity (Wildman–Crippen MR) is 142 cm³/mol. The number of carbonyl (C=O) groups excluding carboxylic acids is 3. The summed E-state index contributed by atoms with van der Waals surface area (Å²) >= 11 is 3.50. The fraction of sp³-hybridized carbons (Fsp3) is 0.381. The van der Waals surface area contributed by atoms with E-state index in [-0.39, 0.29) is 41.2 Å². The van der Waals surface area contributed by atoms with Crippen LogP contribution in [0, 0.1) is 17.8 Å². The molecule has 3 N–H and O–H groups in total. The van der Waals surface area contributed by atoms with Crippen LogP contribution in [0.3, 0.4) is 0 Å². The van der Waals surface area contributed by atoms with Crippen LogP contribution in [0.2, 0.25) is 0 Å². The van der Waals surface area contributed by atoms with E-state index < -0.39 is 34.6 Å². The molecular formula is C21H21N9O6S3. The molecule has 0 aliphatic carbocycles. The smallest absolute Gasteiger partial charge is 0.313 e. The van der Waals surface area contributed by atoms with Gasteiger partial charge in [-0.2, -0.15) is 0 Å². The van der Waals surface area contributed by atoms with Gasteiger partial charge < -0.3 is 25.5 Å². The highest BCUT2D eigenvalue weighted by Gasteiger charge is 2.57. The summed E-state index contributed by atoms with van der Waals surface area (Å²) in [7, 11) is 0. The zero-order valence-corrected chi connectivity index (χ0v) is 22.5. The molecule has 18 heteroatoms. The summed E-state index contributed by atoms with van der Waals surface area (Å²) in [6.07, 6.45) is 7.23. The average Bonchev–Trinajstić information content (AvgIpc) is 3.58. The number of carbonyl (C=O) groups is 4. The van der Waals surface area contributed by atoms with E-state index in [1.54, 1.807) is 6.08 Å². The number of aromatic nitrogens is 5. The normalized spacial score (nSPS) is 22.2. The minimum Gasteiger partial charge on any atom is -0.481 e. The van der Waals surface area contributed by atoms with Gasteiger partial charge in [0.2, 0.25) is 17.5 Å². The molecule has 4 rings (SSSR count). The van der Waals surface area contributed by atoms with Gasteiger partial charge in [0.05, 0.1) is 6.54 Å². The van der Waals surface area contributed by atoms with Crippen LogP contribution in [-0.4, -0.2) is 101 Å². The van der Waals surface area contributed by atoms with Crippen molar-refractivity contribution in [2.45, 2.75) is 23.1 Å². The fourth-order valence-corrected chi connectivity index (χ4v) is 7.10. The predicted octanol–water partition coefficient (Wildman–Crippen LogP) is -0.499. The van der Waals surface area contributed by atoms with Crippen molar-refractivity contribution in [1.29, 1.82) is 0 Å². The third kappa shape index (κ3) is 5.89. The van der Waals surface area contributed by atoms with Crippen molar-refractivity contribution in [1.82, 2.24) is 35.4 Å². The number of fused-ring (bicyclic) bond motifs is 1. The molecule has 2 aliphatic rings. The number of allylic oxidation sites excluding steroid dienone is 1. The van der Waals surface area contributed by atoms with Gasteiger partial charge in [-0.25, -0.2) is 9.67 Å². The van der Waals surface area contributed by atoms with Crippen molar-refractivity contribution in [3.8, 4) is 12.3 Å². The molecule has 39 heavy (non-hydrogen) atoms. The number of nitrogens with one attached hydrogen (secondary N) is 2. The van der Waals surface area contributed by atoms with Gasteiger partial charge in [0, 0.05) is 23.4 Å². The molecule has 2 unspecified atom stereocenters. The van der Waals surface area contributed by atoms with Crippen LogP contribution in [-0.2, 0) is 30.6 Å². The number of aliphatic carboxylic acids is 1. The lowest BCUT2D eigenvalue weighted by Crippen LogP contribution is -2.74. The molecule has 2 aromatic heterocycles. The van der Waals surface area contributed by atoms with Crippen LogP contribution in [0.4, 0.5) is 5.13 Å².